The topological polar surface area (TPSA) is 35.6 Å². The van der Waals surface area contributed by atoms with Gasteiger partial charge in [0.1, 0.15) is 12.2 Å². The molecule has 0 N–H and O–H groups in total. The minimum absolute atomic E-state index is 0.789. The summed E-state index contributed by atoms with van der Waals surface area (Å²) in [6, 6.07) is 0. The van der Waals surface area contributed by atoms with Gasteiger partial charge in [0.2, 0.25) is 0 Å². The highest BCUT2D eigenvalue weighted by molar-refractivity contribution is 5.29. The van der Waals surface area contributed by atoms with Crippen LogP contribution in [0.25, 0.3) is 0 Å². The maximum absolute atomic E-state index is 4.22. The Hall–Kier alpha value is -1.58. The molecule has 0 saturated carbocycles. The molecule has 0 aromatic carbocycles. The molecule has 2 rings (SSSR count). The fourth-order valence-corrected chi connectivity index (χ4v) is 1.71. The second-order valence-corrected chi connectivity index (χ2v) is 3.95. The standard InChI is InChI=1S/C11H16N4/c1-8-5-15(10(3)9(8)2)6-11-12-7-13-14(11)4/h5,7H,6H2,1-4H3. The van der Waals surface area contributed by atoms with Gasteiger partial charge in [-0.05, 0) is 31.9 Å². The van der Waals surface area contributed by atoms with Crippen molar-refractivity contribution in [2.24, 2.45) is 7.05 Å². The fraction of sp³-hybridized carbons (Fsp3) is 0.455. The van der Waals surface area contributed by atoms with Crippen LogP contribution in [-0.4, -0.2) is 19.3 Å². The number of aromatic nitrogens is 4. The average Bonchev–Trinajstić information content (AvgIpc) is 2.69. The Morgan fingerprint density at radius 2 is 2.00 bits per heavy atom. The van der Waals surface area contributed by atoms with E-state index in [9.17, 15) is 0 Å². The Bertz CT molecular complexity index is 479. The van der Waals surface area contributed by atoms with Gasteiger partial charge in [-0.2, -0.15) is 5.10 Å². The molecule has 0 aliphatic rings. The third-order valence-corrected chi connectivity index (χ3v) is 3.03. The molecule has 0 saturated heterocycles. The lowest BCUT2D eigenvalue weighted by molar-refractivity contribution is 0.646. The van der Waals surface area contributed by atoms with Gasteiger partial charge in [-0.3, -0.25) is 4.68 Å². The van der Waals surface area contributed by atoms with Gasteiger partial charge in [0.15, 0.2) is 0 Å². The van der Waals surface area contributed by atoms with Gasteiger partial charge < -0.3 is 4.57 Å². The van der Waals surface area contributed by atoms with Crippen molar-refractivity contribution in [1.82, 2.24) is 19.3 Å². The molecule has 0 fully saturated rings. The highest BCUT2D eigenvalue weighted by atomic mass is 15.3. The quantitative estimate of drug-likeness (QED) is 0.744. The van der Waals surface area contributed by atoms with Crippen molar-refractivity contribution >= 4 is 0 Å². The summed E-state index contributed by atoms with van der Waals surface area (Å²) in [5, 5.41) is 4.06. The van der Waals surface area contributed by atoms with Crippen LogP contribution >= 0.6 is 0 Å². The predicted octanol–water partition coefficient (Wildman–Crippen LogP) is 1.59. The maximum Gasteiger partial charge on any atom is 0.146 e. The Labute approximate surface area is 89.6 Å². The van der Waals surface area contributed by atoms with Crippen molar-refractivity contribution < 1.29 is 0 Å². The highest BCUT2D eigenvalue weighted by Gasteiger charge is 2.07. The van der Waals surface area contributed by atoms with E-state index in [1.165, 1.54) is 16.8 Å². The van der Waals surface area contributed by atoms with E-state index >= 15 is 0 Å². The molecule has 2 heterocycles. The van der Waals surface area contributed by atoms with Crippen molar-refractivity contribution in [3.05, 3.63) is 35.2 Å². The summed E-state index contributed by atoms with van der Waals surface area (Å²) in [6.07, 6.45) is 3.76. The molecule has 15 heavy (non-hydrogen) atoms. The summed E-state index contributed by atoms with van der Waals surface area (Å²) in [6.45, 7) is 7.21. The normalized spacial score (nSPS) is 10.9. The van der Waals surface area contributed by atoms with E-state index < -0.39 is 0 Å². The minimum atomic E-state index is 0.789. The monoisotopic (exact) mass is 204 g/mol. The van der Waals surface area contributed by atoms with Gasteiger partial charge in [0, 0.05) is 18.9 Å². The van der Waals surface area contributed by atoms with Gasteiger partial charge in [0.25, 0.3) is 0 Å². The first-order chi connectivity index (χ1) is 7.09. The van der Waals surface area contributed by atoms with Crippen molar-refractivity contribution in [3.8, 4) is 0 Å². The van der Waals surface area contributed by atoms with Crippen molar-refractivity contribution in [2.45, 2.75) is 27.3 Å². The van der Waals surface area contributed by atoms with Crippen LogP contribution in [0, 0.1) is 20.8 Å². The largest absolute Gasteiger partial charge is 0.344 e. The van der Waals surface area contributed by atoms with E-state index in [-0.39, 0.29) is 0 Å². The van der Waals surface area contributed by atoms with Crippen molar-refractivity contribution in [2.75, 3.05) is 0 Å². The number of hydrogen-bond acceptors (Lipinski definition) is 2. The fourth-order valence-electron chi connectivity index (χ4n) is 1.71. The van der Waals surface area contributed by atoms with Crippen LogP contribution < -0.4 is 0 Å². The Morgan fingerprint density at radius 1 is 1.27 bits per heavy atom. The van der Waals surface area contributed by atoms with Crippen LogP contribution in [0.4, 0.5) is 0 Å². The van der Waals surface area contributed by atoms with E-state index in [4.69, 9.17) is 0 Å². The molecule has 2 aromatic rings. The predicted molar refractivity (Wildman–Crippen MR) is 58.7 cm³/mol. The molecule has 80 valence electrons. The van der Waals surface area contributed by atoms with Crippen molar-refractivity contribution in [3.63, 3.8) is 0 Å². The zero-order valence-corrected chi connectivity index (χ0v) is 9.65. The van der Waals surface area contributed by atoms with Crippen LogP contribution in [0.15, 0.2) is 12.5 Å². The van der Waals surface area contributed by atoms with Crippen LogP contribution in [0.1, 0.15) is 22.6 Å². The Balaban J connectivity index is 2.33. The summed E-state index contributed by atoms with van der Waals surface area (Å²) < 4.78 is 4.03. The lowest BCUT2D eigenvalue weighted by Gasteiger charge is -2.05. The number of hydrogen-bond donors (Lipinski definition) is 0. The van der Waals surface area contributed by atoms with Gasteiger partial charge >= 0.3 is 0 Å². The molecule has 0 unspecified atom stereocenters. The van der Waals surface area contributed by atoms with E-state index in [0.29, 0.717) is 0 Å². The van der Waals surface area contributed by atoms with Gasteiger partial charge in [-0.15, -0.1) is 0 Å². The first kappa shape index (κ1) is 9.96. The van der Waals surface area contributed by atoms with Crippen molar-refractivity contribution in [1.29, 1.82) is 0 Å². The third kappa shape index (κ3) is 1.67. The smallest absolute Gasteiger partial charge is 0.146 e. The number of nitrogens with zero attached hydrogens (tertiary/aromatic N) is 4. The molecule has 0 bridgehead atoms. The van der Waals surface area contributed by atoms with E-state index in [2.05, 4.69) is 41.6 Å². The summed E-state index contributed by atoms with van der Waals surface area (Å²) in [4.78, 5) is 4.22. The zero-order chi connectivity index (χ0) is 11.0. The lowest BCUT2D eigenvalue weighted by Crippen LogP contribution is -2.07. The summed E-state index contributed by atoms with van der Waals surface area (Å²) >= 11 is 0. The maximum atomic E-state index is 4.22. The molecule has 0 radical (unpaired) electrons. The molecule has 4 nitrogen and oxygen atoms in total. The van der Waals surface area contributed by atoms with E-state index in [0.717, 1.165) is 12.4 Å². The molecule has 0 amide bonds. The molecular formula is C11H16N4. The van der Waals surface area contributed by atoms with Gasteiger partial charge in [-0.25, -0.2) is 4.98 Å². The van der Waals surface area contributed by atoms with Crippen LogP contribution in [-0.2, 0) is 13.6 Å². The molecular weight excluding hydrogens is 188 g/mol. The minimum Gasteiger partial charge on any atom is -0.344 e. The zero-order valence-electron chi connectivity index (χ0n) is 9.65. The second-order valence-electron chi connectivity index (χ2n) is 3.95. The highest BCUT2D eigenvalue weighted by Crippen LogP contribution is 2.15. The van der Waals surface area contributed by atoms with Crippen LogP contribution in [0.2, 0.25) is 0 Å². The molecule has 0 spiro atoms. The Kier molecular flexibility index (Phi) is 2.34. The second kappa shape index (κ2) is 3.53. The Morgan fingerprint density at radius 3 is 2.47 bits per heavy atom. The molecule has 0 aliphatic carbocycles. The molecule has 2 aromatic heterocycles. The van der Waals surface area contributed by atoms with E-state index in [1.807, 2.05) is 11.7 Å². The third-order valence-electron chi connectivity index (χ3n) is 3.03. The first-order valence-electron chi connectivity index (χ1n) is 5.05. The van der Waals surface area contributed by atoms with Crippen LogP contribution in [0.5, 0.6) is 0 Å². The number of rotatable bonds is 2. The SMILES string of the molecule is Cc1cn(Cc2ncnn2C)c(C)c1C. The molecule has 0 aliphatic heterocycles. The lowest BCUT2D eigenvalue weighted by atomic mass is 10.2. The summed E-state index contributed by atoms with van der Waals surface area (Å²) in [5.41, 5.74) is 3.99. The summed E-state index contributed by atoms with van der Waals surface area (Å²) in [5.74, 6) is 0.980. The van der Waals surface area contributed by atoms with Crippen LogP contribution in [0.3, 0.4) is 0 Å². The van der Waals surface area contributed by atoms with E-state index in [1.54, 1.807) is 6.33 Å². The molecule has 4 heteroatoms. The first-order valence-corrected chi connectivity index (χ1v) is 5.05. The number of aryl methyl sites for hydroxylation is 2. The summed E-state index contributed by atoms with van der Waals surface area (Å²) in [7, 11) is 1.92. The van der Waals surface area contributed by atoms with Gasteiger partial charge in [0.05, 0.1) is 6.54 Å². The average molecular weight is 204 g/mol. The van der Waals surface area contributed by atoms with Gasteiger partial charge in [-0.1, -0.05) is 0 Å². The molecule has 0 atom stereocenters.